The van der Waals surface area contributed by atoms with Crippen molar-refractivity contribution in [2.45, 2.75) is 6.42 Å². The molecule has 27 heavy (non-hydrogen) atoms. The van der Waals surface area contributed by atoms with Crippen LogP contribution in [0.5, 0.6) is 5.75 Å². The second kappa shape index (κ2) is 15.3. The number of rotatable bonds is 8. The molecule has 0 aliphatic rings. The molecular weight excluding hydrogens is 604 g/mol. The van der Waals surface area contributed by atoms with Crippen molar-refractivity contribution in [1.82, 2.24) is 0 Å². The van der Waals surface area contributed by atoms with Gasteiger partial charge in [0.15, 0.2) is 5.78 Å². The maximum absolute atomic E-state index is 12.3. The van der Waals surface area contributed by atoms with Crippen molar-refractivity contribution in [3.05, 3.63) is 87.3 Å². The average molecular weight is 624 g/mol. The van der Waals surface area contributed by atoms with Crippen LogP contribution < -0.4 is 4.74 Å². The van der Waals surface area contributed by atoms with Crippen molar-refractivity contribution in [3.63, 3.8) is 0 Å². The van der Waals surface area contributed by atoms with Crippen molar-refractivity contribution in [3.8, 4) is 5.75 Å². The van der Waals surface area contributed by atoms with Crippen molar-refractivity contribution >= 4 is 69.5 Å². The minimum Gasteiger partial charge on any atom is -0.490 e. The van der Waals surface area contributed by atoms with Crippen LogP contribution in [0.4, 0.5) is 0 Å². The van der Waals surface area contributed by atoms with Gasteiger partial charge in [0, 0.05) is 26.3 Å². The molecule has 2 rings (SSSR count). The molecule has 144 valence electrons. The van der Waals surface area contributed by atoms with E-state index in [0.29, 0.717) is 17.7 Å². The summed E-state index contributed by atoms with van der Waals surface area (Å²) in [7, 11) is 0. The Balaban J connectivity index is 0.000000527. The molecule has 0 fully saturated rings. The van der Waals surface area contributed by atoms with Crippen LogP contribution in [0.15, 0.2) is 76.2 Å². The quantitative estimate of drug-likeness (QED) is 0.171. The smallest absolute Gasteiger partial charge is 0.193 e. The normalized spacial score (nSPS) is 10.7. The summed E-state index contributed by atoms with van der Waals surface area (Å²) in [5.74, 6) is 0.759. The molecule has 0 aliphatic heterocycles. The molecular formula is C21H20Br4O2. The van der Waals surface area contributed by atoms with Gasteiger partial charge in [0.2, 0.25) is 0 Å². The Morgan fingerprint density at radius 3 is 1.96 bits per heavy atom. The summed E-state index contributed by atoms with van der Waals surface area (Å²) >= 11 is 13.1. The van der Waals surface area contributed by atoms with Crippen LogP contribution in [0.2, 0.25) is 0 Å². The van der Waals surface area contributed by atoms with Crippen molar-refractivity contribution in [2.24, 2.45) is 0 Å². The Bertz CT molecular complexity index is 723. The van der Waals surface area contributed by atoms with Gasteiger partial charge in [-0.25, -0.2) is 0 Å². The lowest BCUT2D eigenvalue weighted by Gasteiger charge is -2.05. The summed E-state index contributed by atoms with van der Waals surface area (Å²) in [5.41, 5.74) is 1.33. The lowest BCUT2D eigenvalue weighted by Crippen LogP contribution is -2.01. The number of halogens is 4. The van der Waals surface area contributed by atoms with Gasteiger partial charge in [-0.15, -0.1) is 0 Å². The van der Waals surface area contributed by atoms with Gasteiger partial charge in [-0.1, -0.05) is 81.9 Å². The molecule has 0 radical (unpaired) electrons. The summed E-state index contributed by atoms with van der Waals surface area (Å²) in [4.78, 5) is 14.2. The van der Waals surface area contributed by atoms with Gasteiger partial charge >= 0.3 is 0 Å². The zero-order valence-corrected chi connectivity index (χ0v) is 20.9. The number of ether oxygens (including phenoxy) is 1. The molecule has 2 aromatic carbocycles. The minimum atomic E-state index is 0.00762. The summed E-state index contributed by atoms with van der Waals surface area (Å²) in [6.45, 7) is 0.519. The molecule has 2 aromatic rings. The standard InChI is InChI=1S/C17H14Br2O2.C4H6Br2/c18-11-1-2-12-21-16-9-5-14(6-10-16)17(20)13-3-7-15(19)8-4-13;5-3-1-2-4-6/h1-10H,11-12H2;1,3H,2,4H2. The van der Waals surface area contributed by atoms with E-state index in [1.807, 2.05) is 53.5 Å². The SMILES string of the molecule is BrC=CCCBr.O=C(c1ccc(Br)cc1)c1ccc(OCC=CCBr)cc1. The maximum atomic E-state index is 12.3. The third kappa shape index (κ3) is 10.4. The van der Waals surface area contributed by atoms with Crippen LogP contribution in [-0.2, 0) is 0 Å². The zero-order chi connectivity index (χ0) is 19.9. The van der Waals surface area contributed by atoms with Crippen molar-refractivity contribution < 1.29 is 9.53 Å². The predicted octanol–water partition coefficient (Wildman–Crippen LogP) is 7.69. The fraction of sp³-hybridized carbons (Fsp3) is 0.190. The molecule has 2 nitrogen and oxygen atoms in total. The van der Waals surface area contributed by atoms with E-state index in [1.54, 1.807) is 12.1 Å². The highest BCUT2D eigenvalue weighted by molar-refractivity contribution is 9.11. The lowest BCUT2D eigenvalue weighted by atomic mass is 10.0. The van der Waals surface area contributed by atoms with E-state index < -0.39 is 0 Å². The van der Waals surface area contributed by atoms with E-state index in [0.717, 1.165) is 27.3 Å². The van der Waals surface area contributed by atoms with Gasteiger partial charge in [0.1, 0.15) is 12.4 Å². The van der Waals surface area contributed by atoms with E-state index in [4.69, 9.17) is 4.74 Å². The summed E-state index contributed by atoms with van der Waals surface area (Å²) in [5, 5.41) is 1.87. The number of carbonyl (C=O) groups excluding carboxylic acids is 1. The van der Waals surface area contributed by atoms with E-state index in [2.05, 4.69) is 69.8 Å². The van der Waals surface area contributed by atoms with Gasteiger partial charge in [0.25, 0.3) is 0 Å². The number of hydrogen-bond acceptors (Lipinski definition) is 2. The summed E-state index contributed by atoms with van der Waals surface area (Å²) < 4.78 is 6.50. The van der Waals surface area contributed by atoms with Gasteiger partial charge in [-0.3, -0.25) is 4.79 Å². The Kier molecular flexibility index (Phi) is 13.8. The minimum absolute atomic E-state index is 0.00762. The second-order valence-electron chi connectivity index (χ2n) is 5.14. The van der Waals surface area contributed by atoms with Crippen LogP contribution in [0.1, 0.15) is 22.3 Å². The number of alkyl halides is 2. The van der Waals surface area contributed by atoms with Crippen molar-refractivity contribution in [1.29, 1.82) is 0 Å². The van der Waals surface area contributed by atoms with Gasteiger partial charge in [-0.2, -0.15) is 0 Å². The third-order valence-electron chi connectivity index (χ3n) is 3.19. The van der Waals surface area contributed by atoms with Gasteiger partial charge in [-0.05, 0) is 59.9 Å². The fourth-order valence-electron chi connectivity index (χ4n) is 1.87. The summed E-state index contributed by atoms with van der Waals surface area (Å²) in [6.07, 6.45) is 7.07. The molecule has 0 saturated heterocycles. The number of carbonyl (C=O) groups is 1. The molecule has 0 heterocycles. The van der Waals surface area contributed by atoms with E-state index >= 15 is 0 Å². The molecule has 0 aliphatic carbocycles. The molecule has 6 heteroatoms. The molecule has 0 spiro atoms. The van der Waals surface area contributed by atoms with Crippen LogP contribution in [0.25, 0.3) is 0 Å². The van der Waals surface area contributed by atoms with E-state index in [9.17, 15) is 4.79 Å². The number of benzene rings is 2. The maximum Gasteiger partial charge on any atom is 0.193 e. The average Bonchev–Trinajstić information content (AvgIpc) is 2.71. The Hall–Kier alpha value is -0.690. The zero-order valence-electron chi connectivity index (χ0n) is 14.6. The number of hydrogen-bond donors (Lipinski definition) is 0. The Morgan fingerprint density at radius 2 is 1.48 bits per heavy atom. The Labute approximate surface area is 194 Å². The molecule has 0 bridgehead atoms. The van der Waals surface area contributed by atoms with E-state index in [1.165, 1.54) is 0 Å². The highest BCUT2D eigenvalue weighted by Gasteiger charge is 2.08. The predicted molar refractivity (Wildman–Crippen MR) is 129 cm³/mol. The third-order valence-corrected chi connectivity index (χ3v) is 4.92. The molecule has 0 unspecified atom stereocenters. The largest absolute Gasteiger partial charge is 0.490 e. The van der Waals surface area contributed by atoms with Crippen LogP contribution >= 0.6 is 63.7 Å². The number of allylic oxidation sites excluding steroid dienone is 2. The molecule has 0 saturated carbocycles. The first-order chi connectivity index (χ1) is 13.1. The van der Waals surface area contributed by atoms with Crippen LogP contribution in [-0.4, -0.2) is 23.1 Å². The Morgan fingerprint density at radius 1 is 0.889 bits per heavy atom. The topological polar surface area (TPSA) is 26.3 Å². The molecule has 0 amide bonds. The lowest BCUT2D eigenvalue weighted by molar-refractivity contribution is 0.103. The first-order valence-corrected chi connectivity index (χ1v) is 12.1. The van der Waals surface area contributed by atoms with Gasteiger partial charge in [0.05, 0.1) is 0 Å². The number of ketones is 1. The highest BCUT2D eigenvalue weighted by atomic mass is 79.9. The molecule has 0 aromatic heterocycles. The fourth-order valence-corrected chi connectivity index (χ4v) is 2.93. The van der Waals surface area contributed by atoms with Gasteiger partial charge < -0.3 is 4.74 Å². The molecule has 0 N–H and O–H groups in total. The first-order valence-electron chi connectivity index (χ1n) is 8.17. The monoisotopic (exact) mass is 620 g/mol. The van der Waals surface area contributed by atoms with E-state index in [-0.39, 0.29) is 5.78 Å². The van der Waals surface area contributed by atoms with Crippen LogP contribution in [0, 0.1) is 0 Å². The second-order valence-corrected chi connectivity index (χ2v) is 8.02. The first kappa shape index (κ1) is 24.3. The highest BCUT2D eigenvalue weighted by Crippen LogP contribution is 2.17. The van der Waals surface area contributed by atoms with Crippen molar-refractivity contribution in [2.75, 3.05) is 17.3 Å². The molecule has 0 atom stereocenters. The summed E-state index contributed by atoms with van der Waals surface area (Å²) in [6, 6.07) is 14.5. The van der Waals surface area contributed by atoms with Crippen LogP contribution in [0.3, 0.4) is 0 Å².